The lowest BCUT2D eigenvalue weighted by molar-refractivity contribution is -0.870. The van der Waals surface area contributed by atoms with Gasteiger partial charge in [0.05, 0.1) is 57.6 Å². The van der Waals surface area contributed by atoms with Gasteiger partial charge in [0, 0.05) is 41.6 Å². The first-order valence-corrected chi connectivity index (χ1v) is 25.1. The number of carbonyl (C=O) groups is 3. The fourth-order valence-electron chi connectivity index (χ4n) is 9.90. The summed E-state index contributed by atoms with van der Waals surface area (Å²) < 4.78 is 19.7. The number of hydrogen-bond donors (Lipinski definition) is 4. The first-order chi connectivity index (χ1) is 32.4. The number of hydrogen-bond acceptors (Lipinski definition) is 10. The molecule has 2 amide bonds. The highest BCUT2D eigenvalue weighted by molar-refractivity contribution is 6.02. The second kappa shape index (κ2) is 21.9. The van der Waals surface area contributed by atoms with Gasteiger partial charge in [-0.1, -0.05) is 46.6 Å². The van der Waals surface area contributed by atoms with Crippen molar-refractivity contribution in [3.8, 4) is 23.0 Å². The van der Waals surface area contributed by atoms with E-state index in [1.165, 1.54) is 39.3 Å². The molecule has 69 heavy (non-hydrogen) atoms. The number of amides is 2. The minimum Gasteiger partial charge on any atom is -0.508 e. The molecule has 13 heteroatoms. The molecule has 0 saturated carbocycles. The van der Waals surface area contributed by atoms with Gasteiger partial charge in [-0.2, -0.15) is 0 Å². The van der Waals surface area contributed by atoms with Crippen molar-refractivity contribution in [1.29, 1.82) is 0 Å². The highest BCUT2D eigenvalue weighted by Crippen LogP contribution is 2.48. The van der Waals surface area contributed by atoms with Gasteiger partial charge in [-0.05, 0) is 132 Å². The lowest BCUT2D eigenvalue weighted by Gasteiger charge is -2.41. The molecule has 4 aliphatic rings. The number of phenolic OH excluding ortho intramolecular Hbond substituents is 2. The number of carbonyl (C=O) groups excluding carboxylic acids is 3. The van der Waals surface area contributed by atoms with Gasteiger partial charge < -0.3 is 48.9 Å². The van der Waals surface area contributed by atoms with Crippen molar-refractivity contribution < 1.29 is 53.5 Å². The molecule has 2 aromatic carbocycles. The van der Waals surface area contributed by atoms with E-state index in [0.717, 1.165) is 25.7 Å². The molecule has 4 heterocycles. The van der Waals surface area contributed by atoms with E-state index in [4.69, 9.17) is 14.2 Å². The molecule has 0 fully saturated rings. The summed E-state index contributed by atoms with van der Waals surface area (Å²) in [6, 6.07) is 1.87. The van der Waals surface area contributed by atoms with E-state index in [2.05, 4.69) is 65.8 Å². The molecular weight excluding hydrogens is 875 g/mol. The summed E-state index contributed by atoms with van der Waals surface area (Å²) in [6.45, 7) is 17.5. The Kier molecular flexibility index (Phi) is 16.9. The Hall–Kier alpha value is -5.11. The van der Waals surface area contributed by atoms with Crippen molar-refractivity contribution in [1.82, 2.24) is 9.80 Å². The lowest BCUT2D eigenvalue weighted by atomic mass is 9.84. The van der Waals surface area contributed by atoms with Crippen LogP contribution in [0.3, 0.4) is 0 Å². The molecule has 0 aliphatic carbocycles. The second-order valence-electron chi connectivity index (χ2n) is 22.0. The van der Waals surface area contributed by atoms with Gasteiger partial charge in [0.1, 0.15) is 53.4 Å². The van der Waals surface area contributed by atoms with Crippen LogP contribution in [0.25, 0.3) is 0 Å². The zero-order valence-corrected chi connectivity index (χ0v) is 43.3. The highest BCUT2D eigenvalue weighted by Gasteiger charge is 2.47. The van der Waals surface area contributed by atoms with E-state index in [-0.39, 0.29) is 68.5 Å². The van der Waals surface area contributed by atoms with Crippen LogP contribution in [-0.4, -0.2) is 123 Å². The number of nitrogens with zero attached hydrogens (tertiary/aromatic N) is 3. The van der Waals surface area contributed by atoms with Gasteiger partial charge in [-0.25, -0.2) is 4.79 Å². The van der Waals surface area contributed by atoms with Crippen molar-refractivity contribution in [2.45, 2.75) is 175 Å². The van der Waals surface area contributed by atoms with Crippen LogP contribution in [0.2, 0.25) is 0 Å². The molecule has 0 spiro atoms. The molecule has 2 aromatic rings. The number of ether oxygens (including phenoxy) is 3. The van der Waals surface area contributed by atoms with E-state index in [1.54, 1.807) is 4.90 Å². The number of fused-ring (bicyclic) bond motifs is 6. The van der Waals surface area contributed by atoms with Crippen molar-refractivity contribution >= 4 is 17.8 Å². The minimum atomic E-state index is -1.01. The first-order valence-electron chi connectivity index (χ1n) is 25.1. The summed E-state index contributed by atoms with van der Waals surface area (Å²) in [5.41, 5.74) is 5.87. The maximum atomic E-state index is 14.4. The quantitative estimate of drug-likeness (QED) is 0.0539. The number of likely N-dealkylation sites (N-methyl/N-ethyl adjacent to an activating group) is 1. The van der Waals surface area contributed by atoms with Gasteiger partial charge in [0.15, 0.2) is 0 Å². The van der Waals surface area contributed by atoms with Crippen LogP contribution in [0.4, 0.5) is 0 Å². The largest absolute Gasteiger partial charge is 0.508 e. The Balaban J connectivity index is 1.17. The number of phenols is 2. The number of aromatic hydroxyl groups is 2. The molecule has 4 N–H and O–H groups in total. The maximum Gasteiger partial charge on any atom is 0.329 e. The Morgan fingerprint density at radius 3 is 1.70 bits per heavy atom. The second-order valence-corrected chi connectivity index (χ2v) is 22.0. The zero-order valence-electron chi connectivity index (χ0n) is 43.3. The third kappa shape index (κ3) is 12.6. The SMILES string of the molecule is CC(C)=CCC/C(C)=C/CC[C@@]1(C)Oc2c(c(O)cc3c2CN(CCC[C@@H](C(=O)OCC[N+](C)(C)C)N2Cc4c(cc(O)c5c4O[C@](C)(CC/C=C(\C)CCC=C(C)C)[C@@H](O)C5)C2=O)C3=O)C[C@@H]1O. The van der Waals surface area contributed by atoms with Crippen molar-refractivity contribution in [3.05, 3.63) is 92.1 Å². The first kappa shape index (κ1) is 53.2. The van der Waals surface area contributed by atoms with Gasteiger partial charge >= 0.3 is 5.97 Å². The number of rotatable bonds is 21. The van der Waals surface area contributed by atoms with Crippen LogP contribution < -0.4 is 9.47 Å². The van der Waals surface area contributed by atoms with Crippen LogP contribution in [0, 0.1) is 0 Å². The molecule has 0 unspecified atom stereocenters. The average molecular weight is 955 g/mol. The lowest BCUT2D eigenvalue weighted by Crippen LogP contribution is -2.49. The minimum absolute atomic E-state index is 0.0359. The predicted molar refractivity (Wildman–Crippen MR) is 269 cm³/mol. The average Bonchev–Trinajstić information content (AvgIpc) is 3.74. The van der Waals surface area contributed by atoms with Crippen molar-refractivity contribution in [3.63, 3.8) is 0 Å². The monoisotopic (exact) mass is 955 g/mol. The highest BCUT2D eigenvalue weighted by atomic mass is 16.5. The zero-order chi connectivity index (χ0) is 50.6. The van der Waals surface area contributed by atoms with Gasteiger partial charge in [-0.3, -0.25) is 9.59 Å². The standard InChI is InChI=1S/C56H79N3O10/c1-35(2)17-12-19-37(5)21-14-24-55(7)48(62)31-41-46(60)29-39-43(50(41)68-55)33-57(52(39)64)26-16-23-45(54(66)67-28-27-59(9,10)11)58-34-44-40(53(58)65)30-47(61)42-32-49(63)56(8,69-51(42)44)25-15-22-38(6)20-13-18-36(3)4/h17-18,21-22,29-30,45,48-49,62-63H,12-16,19-20,23-28,31-34H2,1-11H3,(H-,60,61)/p+1/b37-21+,38-22+/t45-,48-,49-,55+,56+/m0/s1. The molecule has 13 nitrogen and oxygen atoms in total. The summed E-state index contributed by atoms with van der Waals surface area (Å²) in [6.07, 6.45) is 14.2. The Morgan fingerprint density at radius 2 is 1.22 bits per heavy atom. The van der Waals surface area contributed by atoms with Crippen LogP contribution >= 0.6 is 0 Å². The third-order valence-corrected chi connectivity index (χ3v) is 14.5. The number of esters is 1. The normalized spacial score (nSPS) is 22.6. The summed E-state index contributed by atoms with van der Waals surface area (Å²) in [7, 11) is 6.00. The number of aliphatic hydroxyl groups is 2. The maximum absolute atomic E-state index is 14.4. The molecule has 0 radical (unpaired) electrons. The van der Waals surface area contributed by atoms with Crippen LogP contribution in [0.1, 0.15) is 163 Å². The molecule has 0 aromatic heterocycles. The number of allylic oxidation sites excluding steroid dienone is 8. The van der Waals surface area contributed by atoms with E-state index >= 15 is 0 Å². The number of benzene rings is 2. The van der Waals surface area contributed by atoms with Crippen LogP contribution in [0.15, 0.2) is 58.7 Å². The van der Waals surface area contributed by atoms with Crippen LogP contribution in [0.5, 0.6) is 23.0 Å². The molecule has 0 bridgehead atoms. The van der Waals surface area contributed by atoms with Gasteiger partial charge in [0.2, 0.25) is 0 Å². The summed E-state index contributed by atoms with van der Waals surface area (Å²) in [5, 5.41) is 45.2. The van der Waals surface area contributed by atoms with E-state index < -0.39 is 41.3 Å². The Morgan fingerprint density at radius 1 is 0.739 bits per heavy atom. The van der Waals surface area contributed by atoms with E-state index in [1.807, 2.05) is 35.0 Å². The van der Waals surface area contributed by atoms with Crippen LogP contribution in [-0.2, 0) is 35.5 Å². The third-order valence-electron chi connectivity index (χ3n) is 14.5. The molecule has 0 saturated heterocycles. The molecule has 6 rings (SSSR count). The number of aliphatic hydroxyl groups excluding tert-OH is 2. The van der Waals surface area contributed by atoms with E-state index in [9.17, 15) is 34.8 Å². The van der Waals surface area contributed by atoms with E-state index in [0.29, 0.717) is 82.4 Å². The Bertz CT molecular complexity index is 2380. The smallest absolute Gasteiger partial charge is 0.329 e. The fraction of sp³-hybridized carbons (Fsp3) is 0.589. The molecule has 378 valence electrons. The van der Waals surface area contributed by atoms with Crippen molar-refractivity contribution in [2.75, 3.05) is 40.8 Å². The molecule has 5 atom stereocenters. The van der Waals surface area contributed by atoms with Gasteiger partial charge in [0.25, 0.3) is 11.8 Å². The summed E-state index contributed by atoms with van der Waals surface area (Å²) in [4.78, 5) is 45.7. The number of quaternary nitrogens is 1. The van der Waals surface area contributed by atoms with Crippen molar-refractivity contribution in [2.24, 2.45) is 0 Å². The predicted octanol–water partition coefficient (Wildman–Crippen LogP) is 9.16. The fourth-order valence-corrected chi connectivity index (χ4v) is 9.90. The Labute approximate surface area is 410 Å². The topological polar surface area (TPSA) is 166 Å². The summed E-state index contributed by atoms with van der Waals surface area (Å²) >= 11 is 0. The molecular formula is C56H80N3O10+. The summed E-state index contributed by atoms with van der Waals surface area (Å²) in [5.74, 6) is -0.704. The molecule has 4 aliphatic heterocycles. The van der Waals surface area contributed by atoms with Gasteiger partial charge in [-0.15, -0.1) is 0 Å².